The molecule has 7 heteroatoms. The summed E-state index contributed by atoms with van der Waals surface area (Å²) in [5.74, 6) is -0.0242. The second-order valence-corrected chi connectivity index (χ2v) is 8.99. The molecule has 2 aromatic carbocycles. The Labute approximate surface area is 193 Å². The second kappa shape index (κ2) is 12.2. The van der Waals surface area contributed by atoms with Gasteiger partial charge in [-0.1, -0.05) is 55.2 Å². The van der Waals surface area contributed by atoms with E-state index in [1.165, 1.54) is 11.8 Å². The quantitative estimate of drug-likeness (QED) is 0.449. The van der Waals surface area contributed by atoms with Gasteiger partial charge in [-0.2, -0.15) is 0 Å². The van der Waals surface area contributed by atoms with Gasteiger partial charge in [0, 0.05) is 27.5 Å². The molecule has 2 amide bonds. The van der Waals surface area contributed by atoms with Crippen molar-refractivity contribution in [3.8, 4) is 0 Å². The first-order valence-corrected chi connectivity index (χ1v) is 11.8. The Bertz CT molecular complexity index is 845. The summed E-state index contributed by atoms with van der Waals surface area (Å²) < 4.78 is 0. The first-order chi connectivity index (χ1) is 14.3. The minimum Gasteiger partial charge on any atom is -0.352 e. The lowest BCUT2D eigenvalue weighted by molar-refractivity contribution is -0.139. The number of carbonyl (C=O) groups excluding carboxylic acids is 2. The van der Waals surface area contributed by atoms with Gasteiger partial charge < -0.3 is 10.2 Å². The number of hydrogen-bond acceptors (Lipinski definition) is 3. The molecule has 30 heavy (non-hydrogen) atoms. The van der Waals surface area contributed by atoms with Crippen LogP contribution in [-0.4, -0.2) is 34.6 Å². The van der Waals surface area contributed by atoms with Crippen molar-refractivity contribution >= 4 is 46.8 Å². The fraction of sp³-hybridized carbons (Fsp3) is 0.391. The van der Waals surface area contributed by atoms with E-state index in [1.807, 2.05) is 51.1 Å². The fourth-order valence-corrected chi connectivity index (χ4v) is 4.04. The Hall–Kier alpha value is -1.69. The summed E-state index contributed by atoms with van der Waals surface area (Å²) >= 11 is 13.7. The van der Waals surface area contributed by atoms with Gasteiger partial charge in [-0.3, -0.25) is 9.59 Å². The molecule has 0 spiro atoms. The van der Waals surface area contributed by atoms with E-state index in [-0.39, 0.29) is 30.2 Å². The summed E-state index contributed by atoms with van der Waals surface area (Å²) in [6, 6.07) is 14.2. The predicted molar refractivity (Wildman–Crippen MR) is 126 cm³/mol. The average Bonchev–Trinajstić information content (AvgIpc) is 2.74. The van der Waals surface area contributed by atoms with Gasteiger partial charge in [-0.05, 0) is 55.7 Å². The summed E-state index contributed by atoms with van der Waals surface area (Å²) in [6.45, 7) is 6.18. The molecule has 162 valence electrons. The molecule has 0 fully saturated rings. The lowest BCUT2D eigenvalue weighted by Gasteiger charge is -2.31. The molecule has 0 aliphatic carbocycles. The van der Waals surface area contributed by atoms with E-state index in [0.29, 0.717) is 16.5 Å². The summed E-state index contributed by atoms with van der Waals surface area (Å²) in [4.78, 5) is 28.7. The third-order valence-corrected chi connectivity index (χ3v) is 6.48. The molecule has 4 nitrogen and oxygen atoms in total. The van der Waals surface area contributed by atoms with Gasteiger partial charge in [-0.25, -0.2) is 0 Å². The van der Waals surface area contributed by atoms with Crippen LogP contribution in [0.5, 0.6) is 0 Å². The molecule has 0 radical (unpaired) electrons. The zero-order valence-corrected chi connectivity index (χ0v) is 19.9. The van der Waals surface area contributed by atoms with E-state index in [2.05, 4.69) is 5.32 Å². The average molecular weight is 467 g/mol. The highest BCUT2D eigenvalue weighted by Crippen LogP contribution is 2.24. The fourth-order valence-electron chi connectivity index (χ4n) is 2.93. The molecule has 2 atom stereocenters. The van der Waals surface area contributed by atoms with Crippen LogP contribution in [0.15, 0.2) is 53.4 Å². The standard InChI is InChI=1S/C23H28Cl2N2O2S/c1-4-16(3)26-23(29)21(5-2)27(14-17-8-6-7-9-20(17)25)22(28)15-30-19-12-10-18(24)11-13-19/h6-13,16,21H,4-5,14-15H2,1-3H3,(H,26,29)/t16-,21-/m0/s1. The number of hydrogen-bond donors (Lipinski definition) is 1. The maximum Gasteiger partial charge on any atom is 0.243 e. The number of carbonyl (C=O) groups is 2. The van der Waals surface area contributed by atoms with E-state index in [1.54, 1.807) is 23.1 Å². The molecular formula is C23H28Cl2N2O2S. The molecule has 0 aliphatic rings. The van der Waals surface area contributed by atoms with Crippen molar-refractivity contribution < 1.29 is 9.59 Å². The van der Waals surface area contributed by atoms with E-state index in [4.69, 9.17) is 23.2 Å². The number of halogens is 2. The first kappa shape index (κ1) is 24.6. The number of benzene rings is 2. The summed E-state index contributed by atoms with van der Waals surface area (Å²) in [6.07, 6.45) is 1.34. The van der Waals surface area contributed by atoms with Crippen molar-refractivity contribution in [1.82, 2.24) is 10.2 Å². The van der Waals surface area contributed by atoms with Gasteiger partial charge in [0.15, 0.2) is 0 Å². The van der Waals surface area contributed by atoms with Crippen molar-refractivity contribution in [2.45, 2.75) is 57.1 Å². The molecule has 0 aromatic heterocycles. The molecule has 2 aromatic rings. The van der Waals surface area contributed by atoms with E-state index in [0.717, 1.165) is 16.9 Å². The van der Waals surface area contributed by atoms with Crippen molar-refractivity contribution in [2.24, 2.45) is 0 Å². The lowest BCUT2D eigenvalue weighted by Crippen LogP contribution is -2.51. The number of nitrogens with one attached hydrogen (secondary N) is 1. The van der Waals surface area contributed by atoms with Gasteiger partial charge in [0.2, 0.25) is 11.8 Å². The van der Waals surface area contributed by atoms with Gasteiger partial charge in [0.05, 0.1) is 5.75 Å². The van der Waals surface area contributed by atoms with Gasteiger partial charge in [0.1, 0.15) is 6.04 Å². The van der Waals surface area contributed by atoms with Gasteiger partial charge in [0.25, 0.3) is 0 Å². The zero-order chi connectivity index (χ0) is 22.1. The maximum absolute atomic E-state index is 13.2. The monoisotopic (exact) mass is 466 g/mol. The topological polar surface area (TPSA) is 49.4 Å². The summed E-state index contributed by atoms with van der Waals surface area (Å²) in [5, 5.41) is 4.24. The Kier molecular flexibility index (Phi) is 10.0. The highest BCUT2D eigenvalue weighted by molar-refractivity contribution is 8.00. The van der Waals surface area contributed by atoms with E-state index in [9.17, 15) is 9.59 Å². The molecule has 0 bridgehead atoms. The van der Waals surface area contributed by atoms with Crippen LogP contribution in [-0.2, 0) is 16.1 Å². The van der Waals surface area contributed by atoms with Crippen molar-refractivity contribution in [1.29, 1.82) is 0 Å². The third kappa shape index (κ3) is 7.22. The molecule has 0 heterocycles. The van der Waals surface area contributed by atoms with E-state index >= 15 is 0 Å². The molecule has 0 saturated carbocycles. The SMILES string of the molecule is CC[C@H](C)NC(=O)[C@H](CC)N(Cc1ccccc1Cl)C(=O)CSc1ccc(Cl)cc1. The maximum atomic E-state index is 13.2. The second-order valence-electron chi connectivity index (χ2n) is 7.10. The first-order valence-electron chi connectivity index (χ1n) is 10.1. The predicted octanol–water partition coefficient (Wildman–Crippen LogP) is 5.81. The number of nitrogens with zero attached hydrogens (tertiary/aromatic N) is 1. The summed E-state index contributed by atoms with van der Waals surface area (Å²) in [5.41, 5.74) is 0.818. The van der Waals surface area contributed by atoms with Gasteiger partial charge >= 0.3 is 0 Å². The molecule has 1 N–H and O–H groups in total. The Morgan fingerprint density at radius 2 is 1.70 bits per heavy atom. The molecule has 0 aliphatic heterocycles. The van der Waals surface area contributed by atoms with Crippen LogP contribution in [0.25, 0.3) is 0 Å². The summed E-state index contributed by atoms with van der Waals surface area (Å²) in [7, 11) is 0. The van der Waals surface area contributed by atoms with Gasteiger partial charge in [-0.15, -0.1) is 11.8 Å². The third-order valence-electron chi connectivity index (χ3n) is 4.86. The molecule has 0 unspecified atom stereocenters. The molecule has 2 rings (SSSR count). The highest BCUT2D eigenvalue weighted by atomic mass is 35.5. The van der Waals surface area contributed by atoms with Crippen LogP contribution in [0.1, 0.15) is 39.2 Å². The Morgan fingerprint density at radius 1 is 1.03 bits per heavy atom. The largest absolute Gasteiger partial charge is 0.352 e. The zero-order valence-electron chi connectivity index (χ0n) is 17.5. The Morgan fingerprint density at radius 3 is 2.30 bits per heavy atom. The van der Waals surface area contributed by atoms with Crippen LogP contribution in [0.2, 0.25) is 10.0 Å². The highest BCUT2D eigenvalue weighted by Gasteiger charge is 2.29. The molecule has 0 saturated heterocycles. The lowest BCUT2D eigenvalue weighted by atomic mass is 10.1. The van der Waals surface area contributed by atoms with Crippen molar-refractivity contribution in [3.63, 3.8) is 0 Å². The van der Waals surface area contributed by atoms with Crippen LogP contribution >= 0.6 is 35.0 Å². The molecular weight excluding hydrogens is 439 g/mol. The van der Waals surface area contributed by atoms with Crippen molar-refractivity contribution in [3.05, 3.63) is 64.1 Å². The van der Waals surface area contributed by atoms with Crippen LogP contribution in [0.3, 0.4) is 0 Å². The minimum atomic E-state index is -0.561. The van der Waals surface area contributed by atoms with Crippen LogP contribution in [0, 0.1) is 0 Å². The smallest absolute Gasteiger partial charge is 0.243 e. The van der Waals surface area contributed by atoms with Crippen LogP contribution in [0.4, 0.5) is 0 Å². The number of amides is 2. The number of thioether (sulfide) groups is 1. The number of rotatable bonds is 10. The van der Waals surface area contributed by atoms with Crippen molar-refractivity contribution in [2.75, 3.05) is 5.75 Å². The minimum absolute atomic E-state index is 0.0484. The van der Waals surface area contributed by atoms with Crippen LogP contribution < -0.4 is 5.32 Å². The Balaban J connectivity index is 2.21. The normalized spacial score (nSPS) is 12.8. The van der Waals surface area contributed by atoms with E-state index < -0.39 is 6.04 Å².